The van der Waals surface area contributed by atoms with Gasteiger partial charge in [-0.2, -0.15) is 0 Å². The molecular weight excluding hydrogens is 328 g/mol. The third-order valence-corrected chi connectivity index (χ3v) is 4.52. The number of nitrogen functional groups attached to an aromatic ring is 1. The number of anilines is 1. The van der Waals surface area contributed by atoms with Crippen molar-refractivity contribution in [1.82, 2.24) is 4.98 Å². The Morgan fingerprint density at radius 2 is 1.81 bits per heavy atom. The predicted octanol–water partition coefficient (Wildman–Crippen LogP) is 3.53. The summed E-state index contributed by atoms with van der Waals surface area (Å²) in [6.45, 7) is 3.16. The maximum Gasteiger partial charge on any atom is 0.127 e. The Bertz CT molecular complexity index is 872. The number of benzene rings is 2. The van der Waals surface area contributed by atoms with Gasteiger partial charge in [0, 0.05) is 23.2 Å². The van der Waals surface area contributed by atoms with E-state index in [0.29, 0.717) is 38.9 Å². The van der Waals surface area contributed by atoms with Crippen LogP contribution in [0, 0.1) is 5.92 Å². The first-order valence-corrected chi connectivity index (χ1v) is 8.83. The quantitative estimate of drug-likeness (QED) is 0.780. The van der Waals surface area contributed by atoms with E-state index in [9.17, 15) is 0 Å². The molecule has 2 N–H and O–H groups in total. The van der Waals surface area contributed by atoms with Gasteiger partial charge in [0.1, 0.15) is 11.6 Å². The number of fused-ring (bicyclic) bond motifs is 1. The van der Waals surface area contributed by atoms with Gasteiger partial charge in [-0.05, 0) is 29.0 Å². The van der Waals surface area contributed by atoms with Crippen molar-refractivity contribution >= 4 is 16.6 Å². The van der Waals surface area contributed by atoms with Crippen LogP contribution in [0.1, 0.15) is 0 Å². The van der Waals surface area contributed by atoms with Crippen LogP contribution in [0.3, 0.4) is 0 Å². The average Bonchev–Trinajstić information content (AvgIpc) is 2.95. The second kappa shape index (κ2) is 7.72. The van der Waals surface area contributed by atoms with Crippen LogP contribution in [-0.2, 0) is 9.47 Å². The van der Waals surface area contributed by atoms with Gasteiger partial charge in [0.05, 0.1) is 33.0 Å². The van der Waals surface area contributed by atoms with E-state index >= 15 is 0 Å². The van der Waals surface area contributed by atoms with Crippen LogP contribution < -0.4 is 10.5 Å². The molecule has 5 nitrogen and oxygen atoms in total. The number of pyridine rings is 1. The number of aromatic nitrogens is 1. The molecule has 2 aromatic carbocycles. The Balaban J connectivity index is 1.69. The Hall–Kier alpha value is -2.63. The molecule has 5 heteroatoms. The van der Waals surface area contributed by atoms with Crippen molar-refractivity contribution in [3.63, 3.8) is 0 Å². The minimum absolute atomic E-state index is 0.223. The molecule has 0 atom stereocenters. The standard InChI is InChI=1S/C21H22N2O3/c22-20-8-6-17(11-23-20)21-18-4-2-1-3-16(18)5-7-19(21)26-14-15-12-24-9-10-25-13-15/h1-8,11,15H,9-10,12-14H2,(H2,22,23). The fourth-order valence-electron chi connectivity index (χ4n) is 3.19. The van der Waals surface area contributed by atoms with E-state index < -0.39 is 0 Å². The van der Waals surface area contributed by atoms with E-state index in [1.807, 2.05) is 30.3 Å². The molecule has 0 aliphatic carbocycles. The largest absolute Gasteiger partial charge is 0.492 e. The molecule has 1 fully saturated rings. The molecule has 0 unspecified atom stereocenters. The summed E-state index contributed by atoms with van der Waals surface area (Å²) in [5.41, 5.74) is 7.78. The minimum atomic E-state index is 0.223. The lowest BCUT2D eigenvalue weighted by atomic mass is 9.98. The van der Waals surface area contributed by atoms with Crippen LogP contribution in [-0.4, -0.2) is 38.0 Å². The molecule has 4 rings (SSSR count). The highest BCUT2D eigenvalue weighted by atomic mass is 16.5. The predicted molar refractivity (Wildman–Crippen MR) is 102 cm³/mol. The number of hydrogen-bond donors (Lipinski definition) is 1. The lowest BCUT2D eigenvalue weighted by Crippen LogP contribution is -2.20. The summed E-state index contributed by atoms with van der Waals surface area (Å²) < 4.78 is 17.3. The number of nitrogens with zero attached hydrogens (tertiary/aromatic N) is 1. The van der Waals surface area contributed by atoms with Crippen molar-refractivity contribution in [3.8, 4) is 16.9 Å². The molecule has 0 spiro atoms. The Morgan fingerprint density at radius 3 is 2.58 bits per heavy atom. The van der Waals surface area contributed by atoms with Crippen LogP contribution >= 0.6 is 0 Å². The smallest absolute Gasteiger partial charge is 0.127 e. The molecule has 3 aromatic rings. The SMILES string of the molecule is Nc1ccc(-c2c(OCC3COCCOC3)ccc3ccccc23)cn1. The monoisotopic (exact) mass is 350 g/mol. The minimum Gasteiger partial charge on any atom is -0.492 e. The highest BCUT2D eigenvalue weighted by Crippen LogP contribution is 2.37. The van der Waals surface area contributed by atoms with Gasteiger partial charge in [-0.25, -0.2) is 4.98 Å². The molecular formula is C21H22N2O3. The zero-order chi connectivity index (χ0) is 17.8. The highest BCUT2D eigenvalue weighted by molar-refractivity contribution is 5.99. The molecule has 1 aliphatic rings. The molecule has 0 amide bonds. The zero-order valence-corrected chi connectivity index (χ0v) is 14.6. The second-order valence-electron chi connectivity index (χ2n) is 6.46. The van der Waals surface area contributed by atoms with Crippen LogP contribution in [0.2, 0.25) is 0 Å². The molecule has 134 valence electrons. The molecule has 1 aliphatic heterocycles. The normalized spacial score (nSPS) is 15.7. The Kier molecular flexibility index (Phi) is 5.00. The number of rotatable bonds is 4. The fraction of sp³-hybridized carbons (Fsp3) is 0.286. The lowest BCUT2D eigenvalue weighted by Gasteiger charge is -2.18. The van der Waals surface area contributed by atoms with Crippen molar-refractivity contribution in [2.45, 2.75) is 0 Å². The Morgan fingerprint density at radius 1 is 1.00 bits per heavy atom. The first-order valence-electron chi connectivity index (χ1n) is 8.83. The maximum atomic E-state index is 6.21. The third-order valence-electron chi connectivity index (χ3n) is 4.52. The van der Waals surface area contributed by atoms with Crippen molar-refractivity contribution in [2.75, 3.05) is 38.8 Å². The van der Waals surface area contributed by atoms with Gasteiger partial charge in [0.2, 0.25) is 0 Å². The van der Waals surface area contributed by atoms with Gasteiger partial charge >= 0.3 is 0 Å². The van der Waals surface area contributed by atoms with Crippen LogP contribution in [0.5, 0.6) is 5.75 Å². The summed E-state index contributed by atoms with van der Waals surface area (Å²) in [5, 5.41) is 2.29. The van der Waals surface area contributed by atoms with E-state index in [1.54, 1.807) is 6.20 Å². The van der Waals surface area contributed by atoms with Crippen LogP contribution in [0.4, 0.5) is 5.82 Å². The van der Waals surface area contributed by atoms with Crippen molar-refractivity contribution in [1.29, 1.82) is 0 Å². The maximum absolute atomic E-state index is 6.21. The molecule has 2 heterocycles. The van der Waals surface area contributed by atoms with Crippen molar-refractivity contribution in [2.24, 2.45) is 5.92 Å². The van der Waals surface area contributed by atoms with Crippen LogP contribution in [0.25, 0.3) is 21.9 Å². The van der Waals surface area contributed by atoms with E-state index in [-0.39, 0.29) is 5.92 Å². The average molecular weight is 350 g/mol. The van der Waals surface area contributed by atoms with Gasteiger partial charge < -0.3 is 19.9 Å². The number of ether oxygens (including phenoxy) is 3. The Labute approximate surface area is 152 Å². The summed E-state index contributed by atoms with van der Waals surface area (Å²) in [6.07, 6.45) is 1.79. The van der Waals surface area contributed by atoms with E-state index in [4.69, 9.17) is 19.9 Å². The molecule has 1 aromatic heterocycles. The summed E-state index contributed by atoms with van der Waals surface area (Å²) in [4.78, 5) is 4.25. The highest BCUT2D eigenvalue weighted by Gasteiger charge is 2.17. The molecule has 0 bridgehead atoms. The summed E-state index contributed by atoms with van der Waals surface area (Å²) in [7, 11) is 0. The third kappa shape index (κ3) is 3.64. The van der Waals surface area contributed by atoms with Gasteiger partial charge in [-0.3, -0.25) is 0 Å². The van der Waals surface area contributed by atoms with E-state index in [2.05, 4.69) is 23.2 Å². The van der Waals surface area contributed by atoms with Gasteiger partial charge in [0.15, 0.2) is 0 Å². The number of nitrogens with two attached hydrogens (primary N) is 1. The first kappa shape index (κ1) is 16.8. The van der Waals surface area contributed by atoms with Gasteiger partial charge in [-0.15, -0.1) is 0 Å². The van der Waals surface area contributed by atoms with Crippen molar-refractivity contribution in [3.05, 3.63) is 54.7 Å². The van der Waals surface area contributed by atoms with Gasteiger partial charge in [0.25, 0.3) is 0 Å². The molecule has 0 saturated carbocycles. The van der Waals surface area contributed by atoms with Crippen molar-refractivity contribution < 1.29 is 14.2 Å². The second-order valence-corrected chi connectivity index (χ2v) is 6.46. The molecule has 26 heavy (non-hydrogen) atoms. The topological polar surface area (TPSA) is 66.6 Å². The first-order chi connectivity index (χ1) is 12.8. The molecule has 1 saturated heterocycles. The van der Waals surface area contributed by atoms with Crippen LogP contribution in [0.15, 0.2) is 54.7 Å². The number of hydrogen-bond acceptors (Lipinski definition) is 5. The van der Waals surface area contributed by atoms with E-state index in [0.717, 1.165) is 27.6 Å². The molecule has 0 radical (unpaired) electrons. The summed E-state index contributed by atoms with van der Waals surface area (Å²) >= 11 is 0. The van der Waals surface area contributed by atoms with E-state index in [1.165, 1.54) is 0 Å². The van der Waals surface area contributed by atoms with Gasteiger partial charge in [-0.1, -0.05) is 30.3 Å². The lowest BCUT2D eigenvalue weighted by molar-refractivity contribution is 0.101. The summed E-state index contributed by atoms with van der Waals surface area (Å²) in [6, 6.07) is 16.2. The summed E-state index contributed by atoms with van der Waals surface area (Å²) in [5.74, 6) is 1.56. The zero-order valence-electron chi connectivity index (χ0n) is 14.6. The fourth-order valence-corrected chi connectivity index (χ4v) is 3.19.